The lowest BCUT2D eigenvalue weighted by Crippen LogP contribution is -2.32. The van der Waals surface area contributed by atoms with E-state index < -0.39 is 0 Å². The minimum Gasteiger partial charge on any atom is -0.330 e. The fourth-order valence-electron chi connectivity index (χ4n) is 1.92. The van der Waals surface area contributed by atoms with E-state index in [2.05, 4.69) is 22.3 Å². The number of nitrogens with two attached hydrogens (primary N) is 1. The summed E-state index contributed by atoms with van der Waals surface area (Å²) in [6, 6.07) is 0. The lowest BCUT2D eigenvalue weighted by atomic mass is 9.81. The fraction of sp³-hybridized carbons (Fsp3) is 0.889. The molecular formula is C9H17N5. The van der Waals surface area contributed by atoms with Crippen LogP contribution in [0.25, 0.3) is 0 Å². The Bertz CT molecular complexity index is 317. The number of rotatable bonds is 4. The largest absolute Gasteiger partial charge is 0.330 e. The van der Waals surface area contributed by atoms with Crippen LogP contribution in [0.15, 0.2) is 0 Å². The Morgan fingerprint density at radius 1 is 1.57 bits per heavy atom. The minimum atomic E-state index is 0.170. The number of aromatic nitrogens is 4. The standard InChI is InChI=1S/C9H17N5/c1-9(6-10,7-3-4-7)5-8-11-13-14(2)12-8/h7H,3-6,10H2,1-2H3. The summed E-state index contributed by atoms with van der Waals surface area (Å²) in [5, 5.41) is 12.0. The van der Waals surface area contributed by atoms with Gasteiger partial charge in [-0.05, 0) is 35.9 Å². The van der Waals surface area contributed by atoms with E-state index in [9.17, 15) is 0 Å². The van der Waals surface area contributed by atoms with Crippen LogP contribution >= 0.6 is 0 Å². The summed E-state index contributed by atoms with van der Waals surface area (Å²) in [4.78, 5) is 1.50. The molecule has 5 heteroatoms. The van der Waals surface area contributed by atoms with Crippen molar-refractivity contribution in [1.29, 1.82) is 0 Å². The first kappa shape index (κ1) is 9.58. The maximum atomic E-state index is 5.82. The number of hydrogen-bond acceptors (Lipinski definition) is 4. The highest BCUT2D eigenvalue weighted by atomic mass is 15.6. The second-order valence-corrected chi connectivity index (χ2v) is 4.50. The molecule has 2 N–H and O–H groups in total. The van der Waals surface area contributed by atoms with E-state index in [1.807, 2.05) is 0 Å². The molecule has 0 radical (unpaired) electrons. The molecule has 14 heavy (non-hydrogen) atoms. The normalized spacial score (nSPS) is 20.8. The van der Waals surface area contributed by atoms with Crippen LogP contribution in [-0.4, -0.2) is 26.8 Å². The molecule has 1 atom stereocenters. The van der Waals surface area contributed by atoms with Gasteiger partial charge in [0.25, 0.3) is 0 Å². The molecule has 1 aromatic rings. The maximum absolute atomic E-state index is 5.82. The van der Waals surface area contributed by atoms with Crippen molar-refractivity contribution < 1.29 is 0 Å². The van der Waals surface area contributed by atoms with Gasteiger partial charge in [0, 0.05) is 6.42 Å². The van der Waals surface area contributed by atoms with Crippen molar-refractivity contribution in [2.45, 2.75) is 26.2 Å². The SMILES string of the molecule is Cn1nnc(CC(C)(CN)C2CC2)n1. The van der Waals surface area contributed by atoms with E-state index in [4.69, 9.17) is 5.73 Å². The molecule has 0 aliphatic heterocycles. The monoisotopic (exact) mass is 195 g/mol. The zero-order valence-corrected chi connectivity index (χ0v) is 8.77. The van der Waals surface area contributed by atoms with Crippen LogP contribution in [0, 0.1) is 11.3 Å². The zero-order valence-electron chi connectivity index (χ0n) is 8.77. The van der Waals surface area contributed by atoms with Crippen molar-refractivity contribution in [3.63, 3.8) is 0 Å². The predicted molar refractivity (Wildman–Crippen MR) is 52.4 cm³/mol. The van der Waals surface area contributed by atoms with Gasteiger partial charge in [0.15, 0.2) is 5.82 Å². The molecule has 2 rings (SSSR count). The smallest absolute Gasteiger partial charge is 0.175 e. The van der Waals surface area contributed by atoms with Gasteiger partial charge in [-0.25, -0.2) is 0 Å². The second kappa shape index (κ2) is 3.31. The highest BCUT2D eigenvalue weighted by Gasteiger charge is 2.41. The van der Waals surface area contributed by atoms with Crippen molar-refractivity contribution in [2.75, 3.05) is 6.54 Å². The van der Waals surface area contributed by atoms with Gasteiger partial charge in [-0.3, -0.25) is 0 Å². The Kier molecular flexibility index (Phi) is 2.26. The first-order valence-corrected chi connectivity index (χ1v) is 5.07. The summed E-state index contributed by atoms with van der Waals surface area (Å²) in [5.74, 6) is 1.57. The molecule has 0 bridgehead atoms. The van der Waals surface area contributed by atoms with Gasteiger partial charge in [0.2, 0.25) is 0 Å². The summed E-state index contributed by atoms with van der Waals surface area (Å²) >= 11 is 0. The number of tetrazole rings is 1. The molecule has 5 nitrogen and oxygen atoms in total. The van der Waals surface area contributed by atoms with E-state index in [-0.39, 0.29) is 5.41 Å². The quantitative estimate of drug-likeness (QED) is 0.741. The average molecular weight is 195 g/mol. The van der Waals surface area contributed by atoms with E-state index in [1.165, 1.54) is 17.6 Å². The van der Waals surface area contributed by atoms with Crippen LogP contribution in [0.5, 0.6) is 0 Å². The number of aryl methyl sites for hydroxylation is 1. The van der Waals surface area contributed by atoms with Crippen LogP contribution in [0.4, 0.5) is 0 Å². The van der Waals surface area contributed by atoms with Crippen molar-refractivity contribution in [3.05, 3.63) is 5.82 Å². The molecule has 1 heterocycles. The van der Waals surface area contributed by atoms with Gasteiger partial charge in [0.1, 0.15) is 0 Å². The summed E-state index contributed by atoms with van der Waals surface area (Å²) in [6.45, 7) is 2.93. The molecule has 1 aliphatic carbocycles. The molecule has 1 unspecified atom stereocenters. The first-order chi connectivity index (χ1) is 6.64. The topological polar surface area (TPSA) is 69.6 Å². The number of hydrogen-bond donors (Lipinski definition) is 1. The lowest BCUT2D eigenvalue weighted by Gasteiger charge is -2.26. The molecule has 1 aliphatic rings. The molecule has 0 saturated heterocycles. The first-order valence-electron chi connectivity index (χ1n) is 5.07. The van der Waals surface area contributed by atoms with Crippen molar-refractivity contribution >= 4 is 0 Å². The van der Waals surface area contributed by atoms with Gasteiger partial charge in [-0.15, -0.1) is 10.2 Å². The lowest BCUT2D eigenvalue weighted by molar-refractivity contribution is 0.275. The summed E-state index contributed by atoms with van der Waals surface area (Å²) < 4.78 is 0. The summed E-state index contributed by atoms with van der Waals surface area (Å²) in [7, 11) is 1.79. The third-order valence-electron chi connectivity index (χ3n) is 3.14. The zero-order chi connectivity index (χ0) is 10.2. The fourth-order valence-corrected chi connectivity index (χ4v) is 1.92. The summed E-state index contributed by atoms with van der Waals surface area (Å²) in [6.07, 6.45) is 3.45. The van der Waals surface area contributed by atoms with Gasteiger partial charge < -0.3 is 5.73 Å². The van der Waals surface area contributed by atoms with Crippen molar-refractivity contribution in [2.24, 2.45) is 24.1 Å². The van der Waals surface area contributed by atoms with Crippen LogP contribution in [0.1, 0.15) is 25.6 Å². The van der Waals surface area contributed by atoms with Crippen molar-refractivity contribution in [3.8, 4) is 0 Å². The molecule has 0 amide bonds. The minimum absolute atomic E-state index is 0.170. The van der Waals surface area contributed by atoms with E-state index in [0.29, 0.717) is 6.54 Å². The van der Waals surface area contributed by atoms with Crippen molar-refractivity contribution in [1.82, 2.24) is 20.2 Å². The highest BCUT2D eigenvalue weighted by Crippen LogP contribution is 2.46. The van der Waals surface area contributed by atoms with E-state index in [1.54, 1.807) is 7.05 Å². The third-order valence-corrected chi connectivity index (χ3v) is 3.14. The van der Waals surface area contributed by atoms with E-state index in [0.717, 1.165) is 18.2 Å². The Morgan fingerprint density at radius 2 is 2.29 bits per heavy atom. The van der Waals surface area contributed by atoms with Crippen LogP contribution in [0.2, 0.25) is 0 Å². The Labute approximate surface area is 83.7 Å². The average Bonchev–Trinajstić information content (AvgIpc) is 2.93. The molecule has 1 aromatic heterocycles. The maximum Gasteiger partial charge on any atom is 0.175 e. The predicted octanol–water partition coefficient (Wildman–Crippen LogP) is 0.128. The van der Waals surface area contributed by atoms with Crippen LogP contribution in [0.3, 0.4) is 0 Å². The van der Waals surface area contributed by atoms with Gasteiger partial charge in [-0.2, -0.15) is 4.80 Å². The van der Waals surface area contributed by atoms with Crippen LogP contribution in [-0.2, 0) is 13.5 Å². The van der Waals surface area contributed by atoms with Gasteiger partial charge in [0.05, 0.1) is 7.05 Å². The molecule has 1 fully saturated rings. The number of nitrogens with zero attached hydrogens (tertiary/aromatic N) is 4. The third kappa shape index (κ3) is 1.77. The molecule has 1 saturated carbocycles. The molecule has 0 spiro atoms. The molecular weight excluding hydrogens is 178 g/mol. The molecule has 78 valence electrons. The van der Waals surface area contributed by atoms with E-state index >= 15 is 0 Å². The Morgan fingerprint density at radius 3 is 2.71 bits per heavy atom. The van der Waals surface area contributed by atoms with Gasteiger partial charge in [-0.1, -0.05) is 6.92 Å². The van der Waals surface area contributed by atoms with Crippen LogP contribution < -0.4 is 5.73 Å². The summed E-state index contributed by atoms with van der Waals surface area (Å²) in [5.41, 5.74) is 5.99. The Balaban J connectivity index is 2.07. The van der Waals surface area contributed by atoms with Gasteiger partial charge >= 0.3 is 0 Å². The second-order valence-electron chi connectivity index (χ2n) is 4.50. The molecule has 0 aromatic carbocycles. The Hall–Kier alpha value is -0.970. The highest BCUT2D eigenvalue weighted by molar-refractivity contribution is 4.97.